The van der Waals surface area contributed by atoms with E-state index in [1.54, 1.807) is 28.8 Å². The largest absolute Gasteiger partial charge is 0.289 e. The van der Waals surface area contributed by atoms with Gasteiger partial charge in [0.15, 0.2) is 11.6 Å². The average Bonchev–Trinajstić information content (AvgIpc) is 3.33. The first-order valence-corrected chi connectivity index (χ1v) is 11.5. The highest BCUT2D eigenvalue weighted by Gasteiger charge is 2.23. The van der Waals surface area contributed by atoms with Crippen LogP contribution in [-0.4, -0.2) is 30.5 Å². The van der Waals surface area contributed by atoms with Crippen LogP contribution in [0.1, 0.15) is 15.9 Å². The van der Waals surface area contributed by atoms with E-state index in [-0.39, 0.29) is 21.9 Å². The van der Waals surface area contributed by atoms with E-state index >= 15 is 0 Å². The van der Waals surface area contributed by atoms with Crippen LogP contribution in [0.5, 0.6) is 0 Å². The van der Waals surface area contributed by atoms with Crippen LogP contribution in [-0.2, 0) is 0 Å². The molecule has 3 aromatic carbocycles. The molecule has 0 aliphatic carbocycles. The first-order chi connectivity index (χ1) is 17.5. The Balaban J connectivity index is 1.58. The van der Waals surface area contributed by atoms with Gasteiger partial charge in [-0.1, -0.05) is 30.3 Å². The molecule has 0 amide bonds. The van der Waals surface area contributed by atoms with E-state index in [0.717, 1.165) is 11.8 Å². The summed E-state index contributed by atoms with van der Waals surface area (Å²) >= 11 is 1.03. The van der Waals surface area contributed by atoms with Gasteiger partial charge in [0.05, 0.1) is 9.82 Å². The Bertz CT molecular complexity index is 1580. The molecule has 0 spiro atoms. The van der Waals surface area contributed by atoms with E-state index in [1.807, 2.05) is 30.3 Å². The topological polar surface area (TPSA) is 104 Å². The van der Waals surface area contributed by atoms with Gasteiger partial charge in [-0.05, 0) is 60.3 Å². The second-order valence-corrected chi connectivity index (χ2v) is 8.60. The molecule has 10 heteroatoms. The number of carbonyl (C=O) groups is 1. The van der Waals surface area contributed by atoms with Crippen LogP contribution >= 0.6 is 11.8 Å². The predicted molar refractivity (Wildman–Crippen MR) is 132 cm³/mol. The summed E-state index contributed by atoms with van der Waals surface area (Å²) in [6.07, 6.45) is 2.97. The van der Waals surface area contributed by atoms with Crippen molar-refractivity contribution >= 4 is 23.2 Å². The molecule has 2 heterocycles. The van der Waals surface area contributed by atoms with Crippen LogP contribution in [0.2, 0.25) is 0 Å². The minimum atomic E-state index is -0.539. The van der Waals surface area contributed by atoms with Crippen molar-refractivity contribution in [2.45, 2.75) is 10.1 Å². The molecule has 0 aliphatic rings. The number of halogens is 1. The first kappa shape index (κ1) is 23.1. The highest BCUT2D eigenvalue weighted by atomic mass is 32.2. The van der Waals surface area contributed by atoms with Crippen LogP contribution < -0.4 is 0 Å². The third-order valence-corrected chi connectivity index (χ3v) is 6.30. The summed E-state index contributed by atoms with van der Waals surface area (Å²) in [4.78, 5) is 28.4. The lowest BCUT2D eigenvalue weighted by molar-refractivity contribution is -0.387. The molecule has 5 aromatic rings. The van der Waals surface area contributed by atoms with Crippen LogP contribution in [0.25, 0.3) is 17.1 Å². The lowest BCUT2D eigenvalue weighted by Crippen LogP contribution is -2.03. The maximum atomic E-state index is 13.9. The van der Waals surface area contributed by atoms with Gasteiger partial charge < -0.3 is 0 Å². The van der Waals surface area contributed by atoms with E-state index in [4.69, 9.17) is 0 Å². The van der Waals surface area contributed by atoms with Gasteiger partial charge in [-0.15, -0.1) is 10.2 Å². The van der Waals surface area contributed by atoms with Gasteiger partial charge >= 0.3 is 0 Å². The van der Waals surface area contributed by atoms with Crippen molar-refractivity contribution in [1.82, 2.24) is 19.7 Å². The zero-order chi connectivity index (χ0) is 25.1. The number of nitrogens with zero attached hydrogens (tertiary/aromatic N) is 5. The molecule has 0 radical (unpaired) electrons. The van der Waals surface area contributed by atoms with Gasteiger partial charge in [-0.2, -0.15) is 0 Å². The second kappa shape index (κ2) is 9.88. The molecule has 0 unspecified atom stereocenters. The molecule has 0 atom stereocenters. The Morgan fingerprint density at radius 3 is 2.39 bits per heavy atom. The SMILES string of the molecule is O=C(c1ccncc1)c1ccc(Sc2nnc(-c3cccc(F)c3)n2-c2ccccc2)c([N+](=O)[O-])c1. The van der Waals surface area contributed by atoms with Crippen LogP contribution in [0, 0.1) is 15.9 Å². The lowest BCUT2D eigenvalue weighted by Gasteiger charge is -2.11. The molecule has 0 saturated heterocycles. The van der Waals surface area contributed by atoms with E-state index in [0.29, 0.717) is 27.8 Å². The normalized spacial score (nSPS) is 10.8. The Kier molecular flexibility index (Phi) is 6.33. The van der Waals surface area contributed by atoms with E-state index in [1.165, 1.54) is 42.7 Å². The van der Waals surface area contributed by atoms with Gasteiger partial charge in [0.25, 0.3) is 5.69 Å². The van der Waals surface area contributed by atoms with Crippen LogP contribution in [0.3, 0.4) is 0 Å². The third kappa shape index (κ3) is 4.62. The lowest BCUT2D eigenvalue weighted by atomic mass is 10.0. The average molecular weight is 498 g/mol. The van der Waals surface area contributed by atoms with Crippen molar-refractivity contribution < 1.29 is 14.1 Å². The summed E-state index contributed by atoms with van der Waals surface area (Å²) in [5, 5.41) is 20.8. The van der Waals surface area contributed by atoms with Gasteiger partial charge in [0.1, 0.15) is 5.82 Å². The number of benzene rings is 3. The smallest absolute Gasteiger partial charge is 0.284 e. The van der Waals surface area contributed by atoms with Gasteiger partial charge in [-0.3, -0.25) is 24.5 Å². The summed E-state index contributed by atoms with van der Waals surface area (Å²) in [6.45, 7) is 0. The molecule has 2 aromatic heterocycles. The highest BCUT2D eigenvalue weighted by Crippen LogP contribution is 2.37. The van der Waals surface area contributed by atoms with E-state index in [9.17, 15) is 19.3 Å². The Morgan fingerprint density at radius 1 is 0.889 bits per heavy atom. The minimum absolute atomic E-state index is 0.183. The summed E-state index contributed by atoms with van der Waals surface area (Å²) < 4.78 is 15.6. The molecular formula is C26H16FN5O3S. The summed E-state index contributed by atoms with van der Waals surface area (Å²) in [5.74, 6) is -0.386. The van der Waals surface area contributed by atoms with E-state index in [2.05, 4.69) is 15.2 Å². The Morgan fingerprint density at radius 2 is 1.67 bits per heavy atom. The molecule has 176 valence electrons. The number of nitro groups is 1. The van der Waals surface area contributed by atoms with Crippen molar-refractivity contribution in [2.24, 2.45) is 0 Å². The maximum absolute atomic E-state index is 13.9. The zero-order valence-corrected chi connectivity index (χ0v) is 19.3. The van der Waals surface area contributed by atoms with Crippen molar-refractivity contribution in [2.75, 3.05) is 0 Å². The van der Waals surface area contributed by atoms with Crippen molar-refractivity contribution in [3.63, 3.8) is 0 Å². The fourth-order valence-corrected chi connectivity index (χ4v) is 4.55. The summed E-state index contributed by atoms with van der Waals surface area (Å²) in [7, 11) is 0. The highest BCUT2D eigenvalue weighted by molar-refractivity contribution is 7.99. The van der Waals surface area contributed by atoms with Gasteiger partial charge in [-0.25, -0.2) is 4.39 Å². The third-order valence-electron chi connectivity index (χ3n) is 5.29. The zero-order valence-electron chi connectivity index (χ0n) is 18.5. The molecule has 36 heavy (non-hydrogen) atoms. The number of hydrogen-bond acceptors (Lipinski definition) is 7. The minimum Gasteiger partial charge on any atom is -0.289 e. The monoisotopic (exact) mass is 497 g/mol. The molecular weight excluding hydrogens is 481 g/mol. The van der Waals surface area contributed by atoms with Crippen molar-refractivity contribution in [3.05, 3.63) is 124 Å². The molecule has 8 nitrogen and oxygen atoms in total. The number of ketones is 1. The molecule has 5 rings (SSSR count). The molecule has 0 N–H and O–H groups in total. The van der Waals surface area contributed by atoms with E-state index < -0.39 is 10.7 Å². The van der Waals surface area contributed by atoms with Gasteiger partial charge in [0, 0.05) is 40.8 Å². The number of para-hydroxylation sites is 1. The fraction of sp³-hybridized carbons (Fsp3) is 0. The Labute approximate surface area is 208 Å². The number of pyridine rings is 1. The van der Waals surface area contributed by atoms with Crippen molar-refractivity contribution in [1.29, 1.82) is 0 Å². The number of hydrogen-bond donors (Lipinski definition) is 0. The number of carbonyl (C=O) groups excluding carboxylic acids is 1. The van der Waals surface area contributed by atoms with Crippen LogP contribution in [0.15, 0.2) is 107 Å². The molecule has 0 bridgehead atoms. The quantitative estimate of drug-likeness (QED) is 0.160. The number of aromatic nitrogens is 4. The first-order valence-electron chi connectivity index (χ1n) is 10.7. The molecule has 0 aliphatic heterocycles. The second-order valence-electron chi connectivity index (χ2n) is 7.59. The summed E-state index contributed by atoms with van der Waals surface area (Å²) in [6, 6.07) is 22.6. The predicted octanol–water partition coefficient (Wildman–Crippen LogP) is 5.76. The number of rotatable bonds is 7. The molecule has 0 saturated carbocycles. The summed E-state index contributed by atoms with van der Waals surface area (Å²) in [5.41, 5.74) is 1.53. The number of nitro benzene ring substituents is 1. The Hall–Kier alpha value is -4.70. The molecule has 0 fully saturated rings. The van der Waals surface area contributed by atoms with Gasteiger partial charge in [0.2, 0.25) is 5.16 Å². The maximum Gasteiger partial charge on any atom is 0.284 e. The fourth-order valence-electron chi connectivity index (χ4n) is 3.62. The van der Waals surface area contributed by atoms with Crippen molar-refractivity contribution in [3.8, 4) is 17.1 Å². The standard InChI is InChI=1S/C26H16FN5O3S/c27-20-6-4-5-19(15-20)25-29-30-26(31(25)21-7-2-1-3-8-21)36-23-10-9-18(16-22(23)32(34)35)24(33)17-11-13-28-14-12-17/h1-16H. The van der Waals surface area contributed by atoms with Crippen LogP contribution in [0.4, 0.5) is 10.1 Å².